The van der Waals surface area contributed by atoms with Gasteiger partial charge in [0.1, 0.15) is 23.3 Å². The Morgan fingerprint density at radius 3 is 1.10 bits per heavy atom. The first-order valence-corrected chi connectivity index (χ1v) is 46.1. The van der Waals surface area contributed by atoms with Crippen molar-refractivity contribution in [1.82, 2.24) is 34.6 Å². The number of aromatic nitrogens is 4. The molecular formula is C109H106Cl4N12O6. The summed E-state index contributed by atoms with van der Waals surface area (Å²) in [7, 11) is 0. The number of carbonyl (C=O) groups excluding carboxylic acids is 4. The predicted molar refractivity (Wildman–Crippen MR) is 533 cm³/mol. The summed E-state index contributed by atoms with van der Waals surface area (Å²) in [4.78, 5) is 83.7. The molecule has 0 atom stereocenters. The standard InChI is InChI=1S/C28H29ClN4O.C28H23ClN2O.C26H26ClN3O.C25H24ClN3O.C2H4O2/c29-23-10-9-22-19-31-27(30)25(26(22)18-23)11-6-20-4-7-21(8-5-20)28(34)33-16-12-24(13-17-33)32-14-2-1-3-15-32;1-19-5-7-20(8-6-19)3-2-4-27(32)22-12-9-21(10-13-22)11-16-25-26-17-24(29)15-14-23(26)18-31-28(25)30;27-22-12-11-21-18-29-26(28)23(24(21)17-22)13-8-19-6-9-20(10-7-19)25(31)5-4-16-30-14-2-1-3-15-30;26-20-9-8-19-15-29-25(28)22(23(19)14-20)12-5-16-1-6-18(7-2-16)24(30)13-17-3-10-21(27)11-4-17;1-2(3)4/h4-5,7-10,18-19,24H,1-3,12-17H2,(H2,30,31);5-10,12-15,17-18H,2-4H2,1H3,(H2,30,31);6-7,9-12,17-18H,1-5,14-16H2,(H2,28,29);1-2,6-9,14-15,17,21H,3-4,10-11,13,27H2,(H2,28,29);1H3,(H,3,4). The maximum atomic E-state index is 13.0. The van der Waals surface area contributed by atoms with E-state index in [9.17, 15) is 19.2 Å². The highest BCUT2D eigenvalue weighted by atomic mass is 35.5. The van der Waals surface area contributed by atoms with Gasteiger partial charge in [-0.15, -0.1) is 0 Å². The van der Waals surface area contributed by atoms with E-state index in [4.69, 9.17) is 85.0 Å². The van der Waals surface area contributed by atoms with Crippen LogP contribution in [-0.4, -0.2) is 127 Å². The minimum absolute atomic E-state index is 0.105. The molecule has 1 aliphatic carbocycles. The number of fused-ring (bicyclic) bond motifs is 4. The molecule has 11 N–H and O–H groups in total. The van der Waals surface area contributed by atoms with E-state index in [-0.39, 0.29) is 23.3 Å². The average Bonchev–Trinajstić information content (AvgIpc) is 0.808. The Balaban J connectivity index is 0.000000147. The molecule has 131 heavy (non-hydrogen) atoms. The molecule has 9 aromatic carbocycles. The molecule has 7 heterocycles. The largest absolute Gasteiger partial charge is 0.481 e. The number of nitrogens with zero attached hydrogens (tertiary/aromatic N) is 7. The topological polar surface area (TPSA) is 297 Å². The van der Waals surface area contributed by atoms with Gasteiger partial charge >= 0.3 is 0 Å². The zero-order valence-corrected chi connectivity index (χ0v) is 76.7. The van der Waals surface area contributed by atoms with Crippen molar-refractivity contribution in [3.63, 3.8) is 0 Å². The fourth-order valence-corrected chi connectivity index (χ4v) is 17.3. The summed E-state index contributed by atoms with van der Waals surface area (Å²) in [6.45, 7) is 10.6. The quantitative estimate of drug-likeness (QED) is 0.0410. The molecule has 0 unspecified atom stereocenters. The molecule has 3 aliphatic heterocycles. The van der Waals surface area contributed by atoms with Crippen molar-refractivity contribution in [2.45, 2.75) is 142 Å². The number of piperidine rings is 3. The van der Waals surface area contributed by atoms with E-state index >= 15 is 0 Å². The van der Waals surface area contributed by atoms with E-state index < -0.39 is 5.97 Å². The fourth-order valence-electron chi connectivity index (χ4n) is 16.6. The van der Waals surface area contributed by atoms with Crippen LogP contribution in [0.5, 0.6) is 0 Å². The summed E-state index contributed by atoms with van der Waals surface area (Å²) >= 11 is 24.6. The van der Waals surface area contributed by atoms with E-state index in [1.165, 1.54) is 75.8 Å². The highest BCUT2D eigenvalue weighted by Crippen LogP contribution is 2.33. The molecule has 4 fully saturated rings. The molecule has 0 radical (unpaired) electrons. The lowest BCUT2D eigenvalue weighted by Crippen LogP contribution is -2.48. The van der Waals surface area contributed by atoms with Gasteiger partial charge in [-0.05, 0) is 244 Å². The summed E-state index contributed by atoms with van der Waals surface area (Å²) in [5.74, 6) is 26.8. The Hall–Kier alpha value is -13.0. The molecule has 0 bridgehead atoms. The fraction of sp³-hybridized carbons (Fsp3) is 0.275. The van der Waals surface area contributed by atoms with E-state index in [1.807, 2.05) is 175 Å². The van der Waals surface area contributed by atoms with Gasteiger partial charge in [0.05, 0.1) is 22.3 Å². The highest BCUT2D eigenvalue weighted by Gasteiger charge is 2.29. The van der Waals surface area contributed by atoms with Gasteiger partial charge in [0.2, 0.25) is 0 Å². The van der Waals surface area contributed by atoms with Crippen LogP contribution < -0.4 is 28.7 Å². The van der Waals surface area contributed by atoms with Gasteiger partial charge in [-0.25, -0.2) is 19.9 Å². The summed E-state index contributed by atoms with van der Waals surface area (Å²) in [6.07, 6.45) is 25.4. The number of carboxylic acids is 1. The summed E-state index contributed by atoms with van der Waals surface area (Å²) in [5.41, 5.74) is 41.5. The number of carbonyl (C=O) groups is 5. The van der Waals surface area contributed by atoms with E-state index in [2.05, 4.69) is 108 Å². The second kappa shape index (κ2) is 47.0. The van der Waals surface area contributed by atoms with Gasteiger partial charge in [-0.1, -0.05) is 197 Å². The molecule has 1 amide bonds. The van der Waals surface area contributed by atoms with Crippen molar-refractivity contribution in [3.8, 4) is 47.4 Å². The van der Waals surface area contributed by atoms with Crippen LogP contribution in [0, 0.1) is 60.2 Å². The third-order valence-corrected chi connectivity index (χ3v) is 24.9. The molecule has 666 valence electrons. The number of nitrogen functional groups attached to an aromatic ring is 4. The third kappa shape index (κ3) is 27.6. The maximum Gasteiger partial charge on any atom is 0.300 e. The van der Waals surface area contributed by atoms with Crippen molar-refractivity contribution in [2.75, 3.05) is 68.7 Å². The van der Waals surface area contributed by atoms with Crippen molar-refractivity contribution in [3.05, 3.63) is 317 Å². The van der Waals surface area contributed by atoms with Crippen molar-refractivity contribution in [2.24, 2.45) is 11.7 Å². The molecule has 1 saturated carbocycles. The molecule has 18 nitrogen and oxygen atoms in total. The number of rotatable bonds is 15. The number of halogens is 4. The Morgan fingerprint density at radius 1 is 0.397 bits per heavy atom. The van der Waals surface area contributed by atoms with Crippen molar-refractivity contribution in [1.29, 1.82) is 0 Å². The first-order valence-electron chi connectivity index (χ1n) is 44.6. The number of ketones is 3. The van der Waals surface area contributed by atoms with Crippen LogP contribution in [0.3, 0.4) is 0 Å². The lowest BCUT2D eigenvalue weighted by atomic mass is 9.82. The second-order valence-corrected chi connectivity index (χ2v) is 35.3. The number of likely N-dealkylation sites (tertiary alicyclic amines) is 3. The van der Waals surface area contributed by atoms with Gasteiger partial charge in [0, 0.05) is 184 Å². The number of Topliss-reactive ketones (excluding diaryl/α,β-unsaturated/α-hetero) is 3. The molecule has 0 spiro atoms. The Labute approximate surface area is 786 Å². The zero-order valence-electron chi connectivity index (χ0n) is 73.7. The number of aliphatic carboxylic acids is 1. The third-order valence-electron chi connectivity index (χ3n) is 24.0. The van der Waals surface area contributed by atoms with Crippen molar-refractivity contribution >= 4 is 142 Å². The van der Waals surface area contributed by atoms with Crippen LogP contribution in [0.2, 0.25) is 20.1 Å². The molecular weight excluding hydrogens is 1720 g/mol. The van der Waals surface area contributed by atoms with Gasteiger partial charge in [-0.3, -0.25) is 24.0 Å². The lowest BCUT2D eigenvalue weighted by Gasteiger charge is -2.40. The molecule has 13 aromatic rings. The average molecular weight is 1820 g/mol. The van der Waals surface area contributed by atoms with Crippen LogP contribution in [-0.2, 0) is 11.2 Å². The van der Waals surface area contributed by atoms with Gasteiger partial charge in [0.25, 0.3) is 11.9 Å². The molecule has 22 heteroatoms. The number of amides is 1. The van der Waals surface area contributed by atoms with Gasteiger partial charge in [0.15, 0.2) is 17.3 Å². The number of benzene rings is 9. The van der Waals surface area contributed by atoms with Crippen LogP contribution in [0.25, 0.3) is 43.1 Å². The Bertz CT molecular complexity index is 6510. The van der Waals surface area contributed by atoms with Crippen LogP contribution in [0.4, 0.5) is 23.3 Å². The van der Waals surface area contributed by atoms with Crippen LogP contribution in [0.1, 0.15) is 213 Å². The normalized spacial score (nSPS) is 14.9. The SMILES string of the molecule is CC(=O)O.Cc1ccc(CCCC(=O)c2ccc(C#Cc3c(N)ncc4ccc(Cl)cc34)cc2)cc1.Nc1ncc2ccc(Cl)cc2c1C#Cc1ccc(C(=O)CC2CCC(N)CC2)cc1.Nc1ncc2ccc(Cl)cc2c1C#Cc1ccc(C(=O)CCCN2CCCCC2)cc1.Nc1ncc2ccc(Cl)cc2c1C#Cc1ccc(C(=O)N2CCC(N3CCCCC3)CC2)cc1. The van der Waals surface area contributed by atoms with Gasteiger partial charge < -0.3 is 48.5 Å². The Kier molecular flexibility index (Phi) is 34.3. The summed E-state index contributed by atoms with van der Waals surface area (Å²) in [5, 5.41) is 17.2. The van der Waals surface area contributed by atoms with E-state index in [0.717, 1.165) is 161 Å². The number of anilines is 4. The summed E-state index contributed by atoms with van der Waals surface area (Å²) in [6, 6.07) is 61.5. The molecule has 17 rings (SSSR count). The van der Waals surface area contributed by atoms with Gasteiger partial charge in [-0.2, -0.15) is 0 Å². The number of nitrogens with two attached hydrogens (primary N) is 5. The van der Waals surface area contributed by atoms with Crippen LogP contribution >= 0.6 is 46.4 Å². The Morgan fingerprint density at radius 2 is 0.733 bits per heavy atom. The molecule has 4 aliphatic rings. The molecule has 3 saturated heterocycles. The number of aryl methyl sites for hydroxylation is 2. The van der Waals surface area contributed by atoms with Crippen LogP contribution in [0.15, 0.2) is 219 Å². The van der Waals surface area contributed by atoms with Crippen molar-refractivity contribution < 1.29 is 29.1 Å². The minimum Gasteiger partial charge on any atom is -0.481 e. The smallest absolute Gasteiger partial charge is 0.300 e. The van der Waals surface area contributed by atoms with E-state index in [0.29, 0.717) is 114 Å². The number of hydrogen-bond donors (Lipinski definition) is 6. The first kappa shape index (κ1) is 95.6. The minimum atomic E-state index is -0.833. The summed E-state index contributed by atoms with van der Waals surface area (Å²) < 4.78 is 0. The van der Waals surface area contributed by atoms with E-state index in [1.54, 1.807) is 24.8 Å². The highest BCUT2D eigenvalue weighted by molar-refractivity contribution is 6.32. The lowest BCUT2D eigenvalue weighted by molar-refractivity contribution is -0.134. The number of pyridine rings is 4. The zero-order chi connectivity index (χ0) is 92.3. The second-order valence-electron chi connectivity index (χ2n) is 33.5. The number of carboxylic acid groups (broad SMARTS) is 1. The maximum absolute atomic E-state index is 13.0. The monoisotopic (exact) mass is 1820 g/mol. The predicted octanol–water partition coefficient (Wildman–Crippen LogP) is 21.7. The first-order chi connectivity index (χ1) is 63.4. The number of hydrogen-bond acceptors (Lipinski definition) is 16. The molecule has 4 aromatic heterocycles.